The Morgan fingerprint density at radius 2 is 2.36 bits per heavy atom. The number of nitrogens with zero attached hydrogens (tertiary/aromatic N) is 1. The molecule has 0 saturated carbocycles. The van der Waals surface area contributed by atoms with E-state index in [-0.39, 0.29) is 18.4 Å². The predicted molar refractivity (Wildman–Crippen MR) is 54.1 cm³/mol. The van der Waals surface area contributed by atoms with Crippen LogP contribution in [0.1, 0.15) is 32.6 Å². The highest BCUT2D eigenvalue weighted by molar-refractivity contribution is 5.86. The molecule has 0 aliphatic carbocycles. The molecule has 0 aromatic carbocycles. The van der Waals surface area contributed by atoms with Crippen LogP contribution in [0.2, 0.25) is 0 Å². The van der Waals surface area contributed by atoms with Gasteiger partial charge in [-0.15, -0.1) is 0 Å². The van der Waals surface area contributed by atoms with Crippen molar-refractivity contribution in [1.29, 1.82) is 0 Å². The quantitative estimate of drug-likeness (QED) is 0.692. The molecule has 1 rings (SSSR count). The summed E-state index contributed by atoms with van der Waals surface area (Å²) in [5, 5.41) is 2.81. The summed E-state index contributed by atoms with van der Waals surface area (Å²) in [4.78, 5) is 24.2. The lowest BCUT2D eigenvalue weighted by Crippen LogP contribution is -2.45. The fourth-order valence-corrected chi connectivity index (χ4v) is 1.50. The van der Waals surface area contributed by atoms with E-state index in [4.69, 9.17) is 0 Å². The van der Waals surface area contributed by atoms with Gasteiger partial charge in [0.25, 0.3) is 0 Å². The van der Waals surface area contributed by atoms with E-state index < -0.39 is 0 Å². The number of amides is 2. The Morgan fingerprint density at radius 1 is 1.57 bits per heavy atom. The van der Waals surface area contributed by atoms with E-state index in [9.17, 15) is 9.59 Å². The van der Waals surface area contributed by atoms with Gasteiger partial charge in [0.1, 0.15) is 0 Å². The summed E-state index contributed by atoms with van der Waals surface area (Å²) in [7, 11) is 0. The van der Waals surface area contributed by atoms with Crippen molar-refractivity contribution in [3.8, 4) is 0 Å². The Bertz CT molecular complexity index is 216. The van der Waals surface area contributed by atoms with Crippen molar-refractivity contribution in [3.63, 3.8) is 0 Å². The molecule has 14 heavy (non-hydrogen) atoms. The number of urea groups is 1. The summed E-state index contributed by atoms with van der Waals surface area (Å²) in [5.74, 6) is 0.168. The summed E-state index contributed by atoms with van der Waals surface area (Å²) >= 11 is 0. The zero-order chi connectivity index (χ0) is 10.4. The fraction of sp³-hybridized carbons (Fsp3) is 0.800. The van der Waals surface area contributed by atoms with Crippen molar-refractivity contribution in [1.82, 2.24) is 10.2 Å². The molecule has 2 amide bonds. The molecule has 1 heterocycles. The minimum Gasteiger partial charge on any atom is -0.338 e. The molecule has 1 N–H and O–H groups in total. The summed E-state index contributed by atoms with van der Waals surface area (Å²) in [6.45, 7) is 3.79. The van der Waals surface area contributed by atoms with Gasteiger partial charge in [-0.25, -0.2) is 4.79 Å². The van der Waals surface area contributed by atoms with Crippen molar-refractivity contribution in [2.24, 2.45) is 0 Å². The van der Waals surface area contributed by atoms with Gasteiger partial charge in [-0.1, -0.05) is 13.3 Å². The average molecular weight is 198 g/mol. The minimum atomic E-state index is -0.0912. The second-order valence-electron chi connectivity index (χ2n) is 3.65. The van der Waals surface area contributed by atoms with Crippen molar-refractivity contribution in [2.45, 2.75) is 32.6 Å². The monoisotopic (exact) mass is 198 g/mol. The molecule has 1 aliphatic heterocycles. The molecular formula is C10H18N2O2. The van der Waals surface area contributed by atoms with Gasteiger partial charge in [-0.2, -0.15) is 0 Å². The first-order valence-electron chi connectivity index (χ1n) is 5.28. The van der Waals surface area contributed by atoms with E-state index >= 15 is 0 Å². The third-order valence-corrected chi connectivity index (χ3v) is 2.34. The van der Waals surface area contributed by atoms with Crippen LogP contribution >= 0.6 is 0 Å². The van der Waals surface area contributed by atoms with Gasteiger partial charge in [-0.05, 0) is 12.8 Å². The van der Waals surface area contributed by atoms with Crippen molar-refractivity contribution >= 4 is 11.8 Å². The number of hydrogen-bond donors (Lipinski definition) is 1. The fourth-order valence-electron chi connectivity index (χ4n) is 1.50. The first kappa shape index (κ1) is 11.0. The van der Waals surface area contributed by atoms with Gasteiger partial charge in [0.05, 0.1) is 6.54 Å². The lowest BCUT2D eigenvalue weighted by molar-refractivity contribution is -0.121. The number of carbonyl (C=O) groups excluding carboxylic acids is 2. The zero-order valence-corrected chi connectivity index (χ0v) is 8.71. The minimum absolute atomic E-state index is 0.0912. The maximum atomic E-state index is 11.5. The van der Waals surface area contributed by atoms with Crippen molar-refractivity contribution in [3.05, 3.63) is 0 Å². The Morgan fingerprint density at radius 3 is 3.00 bits per heavy atom. The van der Waals surface area contributed by atoms with Crippen LogP contribution in [0, 0.1) is 0 Å². The predicted octanol–water partition coefficient (Wildman–Crippen LogP) is 1.16. The number of nitrogens with one attached hydrogen (secondary N) is 1. The number of ketones is 1. The van der Waals surface area contributed by atoms with Gasteiger partial charge in [0.2, 0.25) is 0 Å². The maximum Gasteiger partial charge on any atom is 0.317 e. The topological polar surface area (TPSA) is 49.4 Å². The van der Waals surface area contributed by atoms with Crippen molar-refractivity contribution in [2.75, 3.05) is 19.6 Å². The van der Waals surface area contributed by atoms with Gasteiger partial charge in [0.15, 0.2) is 5.78 Å². The SMILES string of the molecule is CCCCNC(=O)N1CCCC(=O)C1. The van der Waals surface area contributed by atoms with Crippen molar-refractivity contribution < 1.29 is 9.59 Å². The smallest absolute Gasteiger partial charge is 0.317 e. The summed E-state index contributed by atoms with van der Waals surface area (Å²) in [5.41, 5.74) is 0. The molecule has 1 fully saturated rings. The summed E-state index contributed by atoms with van der Waals surface area (Å²) < 4.78 is 0. The maximum absolute atomic E-state index is 11.5. The number of piperidine rings is 1. The molecule has 0 bridgehead atoms. The van der Waals surface area contributed by atoms with E-state index in [0.717, 1.165) is 19.3 Å². The molecule has 0 unspecified atom stereocenters. The Balaban J connectivity index is 2.25. The average Bonchev–Trinajstić information content (AvgIpc) is 2.18. The second-order valence-corrected chi connectivity index (χ2v) is 3.65. The molecule has 0 aromatic rings. The highest BCUT2D eigenvalue weighted by Gasteiger charge is 2.20. The molecule has 1 saturated heterocycles. The van der Waals surface area contributed by atoms with Crippen LogP contribution in [-0.2, 0) is 4.79 Å². The largest absolute Gasteiger partial charge is 0.338 e. The van der Waals surface area contributed by atoms with Gasteiger partial charge in [-0.3, -0.25) is 4.79 Å². The number of likely N-dealkylation sites (tertiary alicyclic amines) is 1. The first-order valence-corrected chi connectivity index (χ1v) is 5.28. The number of hydrogen-bond acceptors (Lipinski definition) is 2. The van der Waals surface area contributed by atoms with Crippen LogP contribution in [0.15, 0.2) is 0 Å². The zero-order valence-electron chi connectivity index (χ0n) is 8.71. The van der Waals surface area contributed by atoms with E-state index in [1.54, 1.807) is 4.90 Å². The van der Waals surface area contributed by atoms with Crippen LogP contribution in [-0.4, -0.2) is 36.3 Å². The van der Waals surface area contributed by atoms with Gasteiger partial charge >= 0.3 is 6.03 Å². The Hall–Kier alpha value is -1.06. The van der Waals surface area contributed by atoms with E-state index in [1.807, 2.05) is 0 Å². The molecule has 4 heteroatoms. The number of carbonyl (C=O) groups is 2. The standard InChI is InChI=1S/C10H18N2O2/c1-2-3-6-11-10(14)12-7-4-5-9(13)8-12/h2-8H2,1H3,(H,11,14). The molecule has 80 valence electrons. The lowest BCUT2D eigenvalue weighted by Gasteiger charge is -2.25. The molecule has 0 aromatic heterocycles. The number of Topliss-reactive ketones (excluding diaryl/α,β-unsaturated/α-hetero) is 1. The molecule has 0 atom stereocenters. The van der Waals surface area contributed by atoms with Crippen LogP contribution in [0.4, 0.5) is 4.79 Å². The van der Waals surface area contributed by atoms with E-state index in [1.165, 1.54) is 0 Å². The third-order valence-electron chi connectivity index (χ3n) is 2.34. The van der Waals surface area contributed by atoms with Gasteiger partial charge < -0.3 is 10.2 Å². The summed E-state index contributed by atoms with van der Waals surface area (Å²) in [6.07, 6.45) is 3.49. The van der Waals surface area contributed by atoms with E-state index in [2.05, 4.69) is 12.2 Å². The van der Waals surface area contributed by atoms with Crippen LogP contribution in [0.3, 0.4) is 0 Å². The molecule has 0 radical (unpaired) electrons. The highest BCUT2D eigenvalue weighted by Crippen LogP contribution is 2.05. The third kappa shape index (κ3) is 3.36. The normalized spacial score (nSPS) is 16.9. The first-order chi connectivity index (χ1) is 6.74. The number of unbranched alkanes of at least 4 members (excludes halogenated alkanes) is 1. The Labute approximate surface area is 84.7 Å². The van der Waals surface area contributed by atoms with E-state index in [0.29, 0.717) is 19.5 Å². The highest BCUT2D eigenvalue weighted by atomic mass is 16.2. The Kier molecular flexibility index (Phi) is 4.43. The van der Waals surface area contributed by atoms with Crippen LogP contribution < -0.4 is 5.32 Å². The summed E-state index contributed by atoms with van der Waals surface area (Å²) in [6, 6.07) is -0.0912. The molecule has 1 aliphatic rings. The molecular weight excluding hydrogens is 180 g/mol. The van der Waals surface area contributed by atoms with Crippen LogP contribution in [0.25, 0.3) is 0 Å². The van der Waals surface area contributed by atoms with Crippen LogP contribution in [0.5, 0.6) is 0 Å². The number of rotatable bonds is 3. The van der Waals surface area contributed by atoms with Gasteiger partial charge in [0, 0.05) is 19.5 Å². The second kappa shape index (κ2) is 5.62. The lowest BCUT2D eigenvalue weighted by atomic mass is 10.1. The molecule has 0 spiro atoms. The molecule has 4 nitrogen and oxygen atoms in total.